The van der Waals surface area contributed by atoms with E-state index in [-0.39, 0.29) is 12.6 Å². The first kappa shape index (κ1) is 21.9. The van der Waals surface area contributed by atoms with Crippen LogP contribution in [0, 0.1) is 6.92 Å². The SMILES string of the molecule is CCOC(=O)c1c(C)n(-c2ccccc2)c2ccc(OCC(O)CNC(C)C)cc12. The number of hydrogen-bond acceptors (Lipinski definition) is 5. The summed E-state index contributed by atoms with van der Waals surface area (Å²) in [5.41, 5.74) is 3.21. The molecule has 2 aromatic carbocycles. The molecule has 0 aliphatic rings. The van der Waals surface area contributed by atoms with Crippen LogP contribution in [0.15, 0.2) is 48.5 Å². The molecule has 30 heavy (non-hydrogen) atoms. The van der Waals surface area contributed by atoms with E-state index in [4.69, 9.17) is 9.47 Å². The average Bonchev–Trinajstić information content (AvgIpc) is 3.02. The number of aliphatic hydroxyl groups is 1. The predicted octanol–water partition coefficient (Wildman–Crippen LogP) is 3.85. The van der Waals surface area contributed by atoms with E-state index in [2.05, 4.69) is 5.32 Å². The molecule has 1 heterocycles. The number of aliphatic hydroxyl groups excluding tert-OH is 1. The van der Waals surface area contributed by atoms with Crippen molar-refractivity contribution >= 4 is 16.9 Å². The van der Waals surface area contributed by atoms with Crippen LogP contribution in [0.1, 0.15) is 36.8 Å². The number of fused-ring (bicyclic) bond motifs is 1. The van der Waals surface area contributed by atoms with E-state index in [1.54, 1.807) is 6.92 Å². The lowest BCUT2D eigenvalue weighted by Gasteiger charge is -2.15. The fourth-order valence-corrected chi connectivity index (χ4v) is 3.48. The molecule has 2 N–H and O–H groups in total. The molecule has 0 aliphatic heterocycles. The second-order valence-corrected chi connectivity index (χ2v) is 7.56. The number of hydrogen-bond donors (Lipinski definition) is 2. The molecule has 3 aromatic rings. The van der Waals surface area contributed by atoms with Gasteiger partial charge in [0.2, 0.25) is 0 Å². The van der Waals surface area contributed by atoms with Gasteiger partial charge in [-0.25, -0.2) is 4.79 Å². The van der Waals surface area contributed by atoms with Gasteiger partial charge in [-0.05, 0) is 44.2 Å². The molecule has 0 bridgehead atoms. The van der Waals surface area contributed by atoms with E-state index in [1.165, 1.54) is 0 Å². The minimum Gasteiger partial charge on any atom is -0.491 e. The van der Waals surface area contributed by atoms with Gasteiger partial charge in [0, 0.05) is 29.4 Å². The Morgan fingerprint density at radius 2 is 1.90 bits per heavy atom. The van der Waals surface area contributed by atoms with E-state index >= 15 is 0 Å². The van der Waals surface area contributed by atoms with Crippen LogP contribution in [0.25, 0.3) is 16.6 Å². The summed E-state index contributed by atoms with van der Waals surface area (Å²) < 4.78 is 13.2. The number of ether oxygens (including phenoxy) is 2. The number of esters is 1. The number of aromatic nitrogens is 1. The summed E-state index contributed by atoms with van der Waals surface area (Å²) in [6, 6.07) is 15.8. The van der Waals surface area contributed by atoms with Crippen LogP contribution in [0.4, 0.5) is 0 Å². The molecular formula is C24H30N2O4. The predicted molar refractivity (Wildman–Crippen MR) is 119 cm³/mol. The lowest BCUT2D eigenvalue weighted by molar-refractivity contribution is 0.0527. The van der Waals surface area contributed by atoms with Crippen molar-refractivity contribution in [1.29, 1.82) is 0 Å². The summed E-state index contributed by atoms with van der Waals surface area (Å²) in [7, 11) is 0. The Hall–Kier alpha value is -2.83. The summed E-state index contributed by atoms with van der Waals surface area (Å²) in [5, 5.41) is 14.1. The van der Waals surface area contributed by atoms with Crippen LogP contribution in [-0.4, -0.2) is 47.5 Å². The normalized spacial score (nSPS) is 12.3. The molecule has 1 aromatic heterocycles. The smallest absolute Gasteiger partial charge is 0.340 e. The molecule has 6 heteroatoms. The molecule has 0 aliphatic carbocycles. The lowest BCUT2D eigenvalue weighted by Crippen LogP contribution is -2.35. The van der Waals surface area contributed by atoms with Crippen molar-refractivity contribution in [3.05, 3.63) is 59.8 Å². The van der Waals surface area contributed by atoms with Gasteiger partial charge in [0.05, 0.1) is 17.7 Å². The zero-order valence-electron chi connectivity index (χ0n) is 18.0. The zero-order valence-corrected chi connectivity index (χ0v) is 18.0. The van der Waals surface area contributed by atoms with E-state index in [1.807, 2.05) is 73.9 Å². The molecule has 160 valence electrons. The lowest BCUT2D eigenvalue weighted by atomic mass is 10.1. The van der Waals surface area contributed by atoms with Crippen LogP contribution >= 0.6 is 0 Å². The molecule has 0 radical (unpaired) electrons. The first-order chi connectivity index (χ1) is 14.4. The summed E-state index contributed by atoms with van der Waals surface area (Å²) in [5.74, 6) is 0.245. The van der Waals surface area contributed by atoms with Crippen molar-refractivity contribution in [2.45, 2.75) is 39.8 Å². The number of benzene rings is 2. The van der Waals surface area contributed by atoms with Gasteiger partial charge in [-0.15, -0.1) is 0 Å². The number of carbonyl (C=O) groups is 1. The molecule has 1 atom stereocenters. The van der Waals surface area contributed by atoms with Crippen LogP contribution < -0.4 is 10.1 Å². The van der Waals surface area contributed by atoms with E-state index in [9.17, 15) is 9.90 Å². The topological polar surface area (TPSA) is 72.7 Å². The Kier molecular flexibility index (Phi) is 7.13. The maximum atomic E-state index is 12.7. The van der Waals surface area contributed by atoms with Crippen LogP contribution in [0.5, 0.6) is 5.75 Å². The first-order valence-electron chi connectivity index (χ1n) is 10.3. The van der Waals surface area contributed by atoms with Crippen molar-refractivity contribution in [3.63, 3.8) is 0 Å². The van der Waals surface area contributed by atoms with Crippen molar-refractivity contribution < 1.29 is 19.4 Å². The molecule has 3 rings (SSSR count). The Morgan fingerprint density at radius 1 is 1.17 bits per heavy atom. The number of carbonyl (C=O) groups excluding carboxylic acids is 1. The van der Waals surface area contributed by atoms with Crippen molar-refractivity contribution in [3.8, 4) is 11.4 Å². The Labute approximate surface area is 177 Å². The van der Waals surface area contributed by atoms with E-state index in [0.717, 1.165) is 22.3 Å². The monoisotopic (exact) mass is 410 g/mol. The van der Waals surface area contributed by atoms with E-state index < -0.39 is 6.10 Å². The first-order valence-corrected chi connectivity index (χ1v) is 10.3. The fraction of sp³-hybridized carbons (Fsp3) is 0.375. The Balaban J connectivity index is 1.97. The number of nitrogens with zero attached hydrogens (tertiary/aromatic N) is 1. The molecule has 0 spiro atoms. The minimum absolute atomic E-state index is 0.165. The zero-order chi connectivity index (χ0) is 21.7. The number of rotatable bonds is 9. The Bertz CT molecular complexity index is 995. The highest BCUT2D eigenvalue weighted by Crippen LogP contribution is 2.32. The van der Waals surface area contributed by atoms with Gasteiger partial charge in [-0.2, -0.15) is 0 Å². The third-order valence-corrected chi connectivity index (χ3v) is 4.87. The minimum atomic E-state index is -0.622. The summed E-state index contributed by atoms with van der Waals surface area (Å²) >= 11 is 0. The van der Waals surface area contributed by atoms with Gasteiger partial charge in [0.25, 0.3) is 0 Å². The van der Waals surface area contributed by atoms with Gasteiger partial charge in [0.1, 0.15) is 18.5 Å². The third kappa shape index (κ3) is 4.83. The van der Waals surface area contributed by atoms with Gasteiger partial charge in [-0.3, -0.25) is 0 Å². The van der Waals surface area contributed by atoms with Crippen molar-refractivity contribution in [2.24, 2.45) is 0 Å². The molecule has 6 nitrogen and oxygen atoms in total. The third-order valence-electron chi connectivity index (χ3n) is 4.87. The second-order valence-electron chi connectivity index (χ2n) is 7.56. The fourth-order valence-electron chi connectivity index (χ4n) is 3.48. The van der Waals surface area contributed by atoms with Gasteiger partial charge < -0.3 is 24.5 Å². The highest BCUT2D eigenvalue weighted by atomic mass is 16.5. The number of para-hydroxylation sites is 1. The van der Waals surface area contributed by atoms with E-state index in [0.29, 0.717) is 30.5 Å². The molecule has 0 amide bonds. The van der Waals surface area contributed by atoms with Crippen molar-refractivity contribution in [1.82, 2.24) is 9.88 Å². The van der Waals surface area contributed by atoms with Crippen molar-refractivity contribution in [2.75, 3.05) is 19.8 Å². The van der Waals surface area contributed by atoms with Gasteiger partial charge in [-0.1, -0.05) is 32.0 Å². The van der Waals surface area contributed by atoms with Crippen LogP contribution in [-0.2, 0) is 4.74 Å². The largest absolute Gasteiger partial charge is 0.491 e. The van der Waals surface area contributed by atoms with Gasteiger partial charge in [0.15, 0.2) is 0 Å². The standard InChI is InChI=1S/C24H30N2O4/c1-5-29-24(28)23-17(4)26(18-9-7-6-8-10-18)22-12-11-20(13-21(22)23)30-15-19(27)14-25-16(2)3/h6-13,16,19,25,27H,5,14-15H2,1-4H3. The van der Waals surface area contributed by atoms with Crippen LogP contribution in [0.3, 0.4) is 0 Å². The number of nitrogens with one attached hydrogen (secondary N) is 1. The second kappa shape index (κ2) is 9.78. The highest BCUT2D eigenvalue weighted by Gasteiger charge is 2.22. The average molecular weight is 411 g/mol. The Morgan fingerprint density at radius 3 is 2.57 bits per heavy atom. The maximum absolute atomic E-state index is 12.7. The molecular weight excluding hydrogens is 380 g/mol. The maximum Gasteiger partial charge on any atom is 0.340 e. The summed E-state index contributed by atoms with van der Waals surface area (Å²) in [6.45, 7) is 8.69. The molecule has 0 fully saturated rings. The van der Waals surface area contributed by atoms with Gasteiger partial charge >= 0.3 is 5.97 Å². The molecule has 1 unspecified atom stereocenters. The van der Waals surface area contributed by atoms with Crippen LogP contribution in [0.2, 0.25) is 0 Å². The summed E-state index contributed by atoms with van der Waals surface area (Å²) in [6.07, 6.45) is -0.622. The summed E-state index contributed by atoms with van der Waals surface area (Å²) in [4.78, 5) is 12.7. The molecule has 0 saturated heterocycles. The quantitative estimate of drug-likeness (QED) is 0.524. The highest BCUT2D eigenvalue weighted by molar-refractivity contribution is 6.07. The molecule has 0 saturated carbocycles.